The average molecular weight is 167 g/mol. The lowest BCUT2D eigenvalue weighted by molar-refractivity contribution is 0.384. The van der Waals surface area contributed by atoms with Crippen LogP contribution in [0, 0.1) is 5.41 Å². The van der Waals surface area contributed by atoms with Crippen LogP contribution in [0.25, 0.3) is 0 Å². The molecule has 1 aromatic rings. The molecule has 66 valence electrons. The summed E-state index contributed by atoms with van der Waals surface area (Å²) in [5, 5.41) is 7.22. The van der Waals surface area contributed by atoms with Crippen LogP contribution in [0.1, 0.15) is 18.5 Å². The molecule has 0 aliphatic carbocycles. The minimum atomic E-state index is 0.342. The van der Waals surface area contributed by atoms with Gasteiger partial charge in [0.05, 0.1) is 13.4 Å². The molecule has 1 heterocycles. The van der Waals surface area contributed by atoms with Gasteiger partial charge in [0.1, 0.15) is 0 Å². The highest BCUT2D eigenvalue weighted by atomic mass is 16.5. The maximum atomic E-state index is 7.22. The summed E-state index contributed by atoms with van der Waals surface area (Å²) in [4.78, 5) is 6.91. The molecule has 0 unspecified atom stereocenters. The van der Waals surface area contributed by atoms with Gasteiger partial charge in [0.25, 0.3) is 0 Å². The van der Waals surface area contributed by atoms with Crippen molar-refractivity contribution in [2.45, 2.75) is 19.3 Å². The van der Waals surface area contributed by atoms with Gasteiger partial charge in [-0.3, -0.25) is 5.41 Å². The summed E-state index contributed by atoms with van der Waals surface area (Å²) in [6.45, 7) is 0. The molecule has 1 aromatic heterocycles. The number of H-pyrrole nitrogens is 1. The third kappa shape index (κ3) is 2.74. The first-order chi connectivity index (χ1) is 5.83. The molecule has 4 nitrogen and oxygen atoms in total. The Bertz CT molecular complexity index is 230. The number of rotatable bonds is 4. The third-order valence-electron chi connectivity index (χ3n) is 1.65. The van der Waals surface area contributed by atoms with Crippen LogP contribution >= 0.6 is 0 Å². The van der Waals surface area contributed by atoms with Gasteiger partial charge in [0.2, 0.25) is 0 Å². The zero-order valence-corrected chi connectivity index (χ0v) is 7.13. The average Bonchev–Trinajstić information content (AvgIpc) is 2.57. The summed E-state index contributed by atoms with van der Waals surface area (Å²) < 4.78 is 4.73. The van der Waals surface area contributed by atoms with Gasteiger partial charge >= 0.3 is 0 Å². The number of hydrogen-bond donors (Lipinski definition) is 2. The molecule has 0 aliphatic heterocycles. The second kappa shape index (κ2) is 4.54. The molecule has 0 spiro atoms. The highest BCUT2D eigenvalue weighted by Crippen LogP contribution is 2.00. The number of ether oxygens (including phenoxy) is 1. The first-order valence-corrected chi connectivity index (χ1v) is 3.91. The molecule has 0 saturated heterocycles. The van der Waals surface area contributed by atoms with Gasteiger partial charge in [-0.25, -0.2) is 4.98 Å². The molecule has 0 radical (unpaired) electrons. The zero-order valence-electron chi connectivity index (χ0n) is 7.13. The van der Waals surface area contributed by atoms with E-state index in [9.17, 15) is 0 Å². The largest absolute Gasteiger partial charge is 0.484 e. The van der Waals surface area contributed by atoms with Crippen molar-refractivity contribution in [2.24, 2.45) is 0 Å². The maximum Gasteiger partial charge on any atom is 0.180 e. The molecule has 2 N–H and O–H groups in total. The van der Waals surface area contributed by atoms with Gasteiger partial charge in [0, 0.05) is 18.3 Å². The number of nitrogens with one attached hydrogen (secondary N) is 2. The smallest absolute Gasteiger partial charge is 0.180 e. The van der Waals surface area contributed by atoms with E-state index in [0.717, 1.165) is 18.5 Å². The Labute approximate surface area is 71.5 Å². The summed E-state index contributed by atoms with van der Waals surface area (Å²) >= 11 is 0. The number of aryl methyl sites for hydroxylation is 1. The molecular formula is C8H13N3O. The lowest BCUT2D eigenvalue weighted by Crippen LogP contribution is -1.99. The van der Waals surface area contributed by atoms with E-state index in [1.807, 2.05) is 0 Å². The van der Waals surface area contributed by atoms with E-state index in [2.05, 4.69) is 9.97 Å². The molecule has 1 rings (SSSR count). The standard InChI is InChI=1S/C8H13N3O/c1-12-8(9)4-2-3-7-5-10-6-11-7/h5-6,9H,2-4H2,1H3,(H,10,11). The Balaban J connectivity index is 2.15. The van der Waals surface area contributed by atoms with Crippen LogP contribution < -0.4 is 0 Å². The van der Waals surface area contributed by atoms with E-state index >= 15 is 0 Å². The van der Waals surface area contributed by atoms with Gasteiger partial charge in [-0.2, -0.15) is 0 Å². The fourth-order valence-corrected chi connectivity index (χ4v) is 0.963. The van der Waals surface area contributed by atoms with Crippen LogP contribution in [0.15, 0.2) is 12.5 Å². The lowest BCUT2D eigenvalue weighted by atomic mass is 10.2. The van der Waals surface area contributed by atoms with Crippen LogP contribution in [-0.4, -0.2) is 23.0 Å². The predicted molar refractivity (Wildman–Crippen MR) is 46.3 cm³/mol. The molecule has 0 aromatic carbocycles. The van der Waals surface area contributed by atoms with Crippen molar-refractivity contribution < 1.29 is 4.74 Å². The first-order valence-electron chi connectivity index (χ1n) is 3.91. The normalized spacial score (nSPS) is 9.75. The quantitative estimate of drug-likeness (QED) is 0.525. The van der Waals surface area contributed by atoms with E-state index in [-0.39, 0.29) is 0 Å². The van der Waals surface area contributed by atoms with Crippen LogP contribution in [0.4, 0.5) is 0 Å². The fraction of sp³-hybridized carbons (Fsp3) is 0.500. The third-order valence-corrected chi connectivity index (χ3v) is 1.65. The van der Waals surface area contributed by atoms with Crippen molar-refractivity contribution in [1.82, 2.24) is 9.97 Å². The first kappa shape index (κ1) is 8.77. The van der Waals surface area contributed by atoms with Gasteiger partial charge in [0.15, 0.2) is 5.90 Å². The maximum absolute atomic E-state index is 7.22. The summed E-state index contributed by atoms with van der Waals surface area (Å²) in [7, 11) is 1.53. The van der Waals surface area contributed by atoms with Crippen LogP contribution in [-0.2, 0) is 11.2 Å². The number of aromatic amines is 1. The van der Waals surface area contributed by atoms with Crippen molar-refractivity contribution in [3.63, 3.8) is 0 Å². The predicted octanol–water partition coefficient (Wildman–Crippen LogP) is 1.36. The lowest BCUT2D eigenvalue weighted by Gasteiger charge is -1.99. The van der Waals surface area contributed by atoms with Crippen molar-refractivity contribution >= 4 is 5.90 Å². The Kier molecular flexibility index (Phi) is 3.32. The second-order valence-corrected chi connectivity index (χ2v) is 2.56. The molecule has 4 heteroatoms. The van der Waals surface area contributed by atoms with Crippen LogP contribution in [0.3, 0.4) is 0 Å². The van der Waals surface area contributed by atoms with Gasteiger partial charge in [-0.1, -0.05) is 0 Å². The Morgan fingerprint density at radius 1 is 1.75 bits per heavy atom. The Hall–Kier alpha value is -1.32. The Morgan fingerprint density at radius 2 is 2.58 bits per heavy atom. The molecule has 0 atom stereocenters. The zero-order chi connectivity index (χ0) is 8.81. The summed E-state index contributed by atoms with van der Waals surface area (Å²) in [6.07, 6.45) is 6.00. The summed E-state index contributed by atoms with van der Waals surface area (Å²) in [6, 6.07) is 0. The molecule has 0 aliphatic rings. The van der Waals surface area contributed by atoms with Gasteiger partial charge in [-0.15, -0.1) is 0 Å². The van der Waals surface area contributed by atoms with E-state index in [1.54, 1.807) is 12.5 Å². The fourth-order valence-electron chi connectivity index (χ4n) is 0.963. The summed E-state index contributed by atoms with van der Waals surface area (Å²) in [5.41, 5.74) is 1.11. The van der Waals surface area contributed by atoms with Crippen molar-refractivity contribution in [2.75, 3.05) is 7.11 Å². The van der Waals surface area contributed by atoms with E-state index in [0.29, 0.717) is 12.3 Å². The second-order valence-electron chi connectivity index (χ2n) is 2.56. The molecule has 0 fully saturated rings. The molecule has 0 amide bonds. The van der Waals surface area contributed by atoms with Crippen molar-refractivity contribution in [1.29, 1.82) is 5.41 Å². The topological polar surface area (TPSA) is 61.8 Å². The molecule has 12 heavy (non-hydrogen) atoms. The number of nitrogens with zero attached hydrogens (tertiary/aromatic N) is 1. The van der Waals surface area contributed by atoms with Crippen molar-refractivity contribution in [3.05, 3.63) is 18.2 Å². The number of aromatic nitrogens is 2. The number of imidazole rings is 1. The minimum Gasteiger partial charge on any atom is -0.484 e. The highest BCUT2D eigenvalue weighted by molar-refractivity contribution is 5.72. The number of hydrogen-bond acceptors (Lipinski definition) is 3. The van der Waals surface area contributed by atoms with Crippen LogP contribution in [0.2, 0.25) is 0 Å². The van der Waals surface area contributed by atoms with Gasteiger partial charge in [-0.05, 0) is 12.8 Å². The molecule has 0 bridgehead atoms. The highest BCUT2D eigenvalue weighted by Gasteiger charge is 1.97. The van der Waals surface area contributed by atoms with Crippen LogP contribution in [0.5, 0.6) is 0 Å². The monoisotopic (exact) mass is 167 g/mol. The van der Waals surface area contributed by atoms with Crippen molar-refractivity contribution in [3.8, 4) is 0 Å². The molecule has 0 saturated carbocycles. The van der Waals surface area contributed by atoms with E-state index in [1.165, 1.54) is 7.11 Å². The summed E-state index contributed by atoms with van der Waals surface area (Å²) in [5.74, 6) is 0.342. The van der Waals surface area contributed by atoms with E-state index < -0.39 is 0 Å². The van der Waals surface area contributed by atoms with Gasteiger partial charge < -0.3 is 9.72 Å². The SMILES string of the molecule is COC(=N)CCCc1cnc[nH]1. The minimum absolute atomic E-state index is 0.342. The van der Waals surface area contributed by atoms with E-state index in [4.69, 9.17) is 10.1 Å². The Morgan fingerprint density at radius 3 is 3.17 bits per heavy atom. The molecular weight excluding hydrogens is 154 g/mol. The number of methoxy groups -OCH3 is 1.